The Hall–Kier alpha value is -2.25. The predicted octanol–water partition coefficient (Wildman–Crippen LogP) is 5.35. The summed E-state index contributed by atoms with van der Waals surface area (Å²) in [7, 11) is 0. The fourth-order valence-electron chi connectivity index (χ4n) is 2.20. The molecule has 0 aliphatic rings. The third kappa shape index (κ3) is 4.68. The standard InChI is InChI=1S/C19H16F2N2OS2/c1-12(18(24)23-17-8-7-14(20)9-16(17)21)25-10-15-11-26-19(22-15)13-5-3-2-4-6-13/h2-9,11-12H,10H2,1H3,(H,23,24). The number of aromatic nitrogens is 1. The number of nitrogens with zero attached hydrogens (tertiary/aromatic N) is 1. The lowest BCUT2D eigenvalue weighted by Gasteiger charge is -2.12. The zero-order chi connectivity index (χ0) is 18.5. The van der Waals surface area contributed by atoms with Gasteiger partial charge in [0.1, 0.15) is 16.6 Å². The van der Waals surface area contributed by atoms with Crippen LogP contribution in [0.1, 0.15) is 12.6 Å². The highest BCUT2D eigenvalue weighted by atomic mass is 32.2. The molecule has 7 heteroatoms. The molecule has 3 rings (SSSR count). The Balaban J connectivity index is 1.56. The maximum Gasteiger partial charge on any atom is 0.237 e. The Labute approximate surface area is 158 Å². The van der Waals surface area contributed by atoms with Crippen molar-refractivity contribution in [3.8, 4) is 10.6 Å². The molecule has 134 valence electrons. The molecule has 0 aliphatic heterocycles. The molecule has 26 heavy (non-hydrogen) atoms. The van der Waals surface area contributed by atoms with Gasteiger partial charge in [0.15, 0.2) is 0 Å². The van der Waals surface area contributed by atoms with E-state index < -0.39 is 16.9 Å². The van der Waals surface area contributed by atoms with Gasteiger partial charge in [-0.05, 0) is 19.1 Å². The van der Waals surface area contributed by atoms with Crippen molar-refractivity contribution in [1.29, 1.82) is 0 Å². The number of hydrogen-bond donors (Lipinski definition) is 1. The molecule has 0 aliphatic carbocycles. The SMILES string of the molecule is CC(SCc1csc(-c2ccccc2)n1)C(=O)Nc1ccc(F)cc1F. The zero-order valence-corrected chi connectivity index (χ0v) is 15.5. The van der Waals surface area contributed by atoms with Crippen molar-refractivity contribution in [3.63, 3.8) is 0 Å². The van der Waals surface area contributed by atoms with Gasteiger partial charge in [-0.1, -0.05) is 30.3 Å². The summed E-state index contributed by atoms with van der Waals surface area (Å²) in [6, 6.07) is 13.0. The first-order valence-corrected chi connectivity index (χ1v) is 9.83. The Morgan fingerprint density at radius 1 is 1.23 bits per heavy atom. The van der Waals surface area contributed by atoms with Gasteiger partial charge in [0.2, 0.25) is 5.91 Å². The van der Waals surface area contributed by atoms with E-state index in [1.54, 1.807) is 18.3 Å². The van der Waals surface area contributed by atoms with Crippen LogP contribution in [0, 0.1) is 11.6 Å². The summed E-state index contributed by atoms with van der Waals surface area (Å²) >= 11 is 2.97. The molecule has 0 fully saturated rings. The summed E-state index contributed by atoms with van der Waals surface area (Å²) in [6.07, 6.45) is 0. The number of carbonyl (C=O) groups is 1. The number of benzene rings is 2. The third-order valence-electron chi connectivity index (χ3n) is 3.61. The summed E-state index contributed by atoms with van der Waals surface area (Å²) in [5.41, 5.74) is 1.93. The minimum Gasteiger partial charge on any atom is -0.323 e. The molecule has 1 heterocycles. The topological polar surface area (TPSA) is 42.0 Å². The van der Waals surface area contributed by atoms with Gasteiger partial charge < -0.3 is 5.32 Å². The van der Waals surface area contributed by atoms with E-state index in [4.69, 9.17) is 0 Å². The van der Waals surface area contributed by atoms with Crippen LogP contribution < -0.4 is 5.32 Å². The molecule has 1 amide bonds. The first-order chi connectivity index (χ1) is 12.5. The number of nitrogens with one attached hydrogen (secondary N) is 1. The van der Waals surface area contributed by atoms with Crippen molar-refractivity contribution < 1.29 is 13.6 Å². The van der Waals surface area contributed by atoms with E-state index in [2.05, 4.69) is 10.3 Å². The summed E-state index contributed by atoms with van der Waals surface area (Å²) in [5, 5.41) is 4.99. The first kappa shape index (κ1) is 18.5. The van der Waals surface area contributed by atoms with Crippen molar-refractivity contribution in [2.75, 3.05) is 5.32 Å². The minimum absolute atomic E-state index is 0.0242. The Morgan fingerprint density at radius 2 is 2.00 bits per heavy atom. The van der Waals surface area contributed by atoms with Crippen LogP contribution >= 0.6 is 23.1 Å². The quantitative estimate of drug-likeness (QED) is 0.617. The number of thiazole rings is 1. The molecular formula is C19H16F2N2OS2. The predicted molar refractivity (Wildman–Crippen MR) is 103 cm³/mol. The fourth-order valence-corrected chi connectivity index (χ4v) is 3.91. The van der Waals surface area contributed by atoms with Crippen molar-refractivity contribution >= 4 is 34.7 Å². The van der Waals surface area contributed by atoms with E-state index in [1.807, 2.05) is 35.7 Å². The first-order valence-electron chi connectivity index (χ1n) is 7.90. The molecule has 0 spiro atoms. The second-order valence-electron chi connectivity index (χ2n) is 5.58. The molecule has 0 saturated carbocycles. The van der Waals surface area contributed by atoms with Crippen LogP contribution in [-0.2, 0) is 10.5 Å². The molecule has 0 saturated heterocycles. The number of carbonyl (C=O) groups excluding carboxylic acids is 1. The fraction of sp³-hybridized carbons (Fsp3) is 0.158. The number of thioether (sulfide) groups is 1. The Morgan fingerprint density at radius 3 is 2.73 bits per heavy atom. The van der Waals surface area contributed by atoms with Gasteiger partial charge in [-0.15, -0.1) is 23.1 Å². The maximum absolute atomic E-state index is 13.6. The van der Waals surface area contributed by atoms with Crippen molar-refractivity contribution in [2.24, 2.45) is 0 Å². The highest BCUT2D eigenvalue weighted by molar-refractivity contribution is 7.99. The molecule has 0 bridgehead atoms. The molecule has 3 aromatic rings. The number of rotatable bonds is 6. The minimum atomic E-state index is -0.789. The van der Waals surface area contributed by atoms with E-state index in [0.717, 1.165) is 28.4 Å². The van der Waals surface area contributed by atoms with E-state index in [0.29, 0.717) is 5.75 Å². The second kappa shape index (κ2) is 8.42. The average molecular weight is 390 g/mol. The number of anilines is 1. The Bertz CT molecular complexity index is 900. The lowest BCUT2D eigenvalue weighted by molar-refractivity contribution is -0.115. The Kier molecular flexibility index (Phi) is 6.00. The highest BCUT2D eigenvalue weighted by Gasteiger charge is 2.16. The van der Waals surface area contributed by atoms with Gasteiger partial charge >= 0.3 is 0 Å². The maximum atomic E-state index is 13.6. The molecule has 1 unspecified atom stereocenters. The lowest BCUT2D eigenvalue weighted by Crippen LogP contribution is -2.23. The van der Waals surface area contributed by atoms with Gasteiger partial charge in [0.25, 0.3) is 0 Å². The second-order valence-corrected chi connectivity index (χ2v) is 7.76. The molecular weight excluding hydrogens is 374 g/mol. The van der Waals surface area contributed by atoms with Crippen molar-refractivity contribution in [2.45, 2.75) is 17.9 Å². The van der Waals surface area contributed by atoms with Crippen LogP contribution in [0.15, 0.2) is 53.9 Å². The summed E-state index contributed by atoms with van der Waals surface area (Å²) < 4.78 is 26.5. The van der Waals surface area contributed by atoms with Crippen molar-refractivity contribution in [1.82, 2.24) is 4.98 Å². The van der Waals surface area contributed by atoms with Crippen LogP contribution in [0.2, 0.25) is 0 Å². The number of halogens is 2. The molecule has 3 nitrogen and oxygen atoms in total. The molecule has 2 aromatic carbocycles. The van der Waals surface area contributed by atoms with Crippen molar-refractivity contribution in [3.05, 3.63) is 71.2 Å². The van der Waals surface area contributed by atoms with E-state index in [9.17, 15) is 13.6 Å². The molecule has 1 N–H and O–H groups in total. The summed E-state index contributed by atoms with van der Waals surface area (Å²) in [5.74, 6) is -1.23. The number of hydrogen-bond acceptors (Lipinski definition) is 4. The van der Waals surface area contributed by atoms with Crippen LogP contribution in [0.3, 0.4) is 0 Å². The smallest absolute Gasteiger partial charge is 0.237 e. The van der Waals surface area contributed by atoms with Gasteiger partial charge in [0, 0.05) is 22.8 Å². The molecule has 0 radical (unpaired) electrons. The van der Waals surface area contributed by atoms with Gasteiger partial charge in [-0.25, -0.2) is 13.8 Å². The van der Waals surface area contributed by atoms with Gasteiger partial charge in [-0.2, -0.15) is 0 Å². The zero-order valence-electron chi connectivity index (χ0n) is 13.9. The van der Waals surface area contributed by atoms with E-state index in [-0.39, 0.29) is 11.6 Å². The summed E-state index contributed by atoms with van der Waals surface area (Å²) in [4.78, 5) is 16.8. The van der Waals surface area contributed by atoms with Gasteiger partial charge in [0.05, 0.1) is 16.6 Å². The van der Waals surface area contributed by atoms with Crippen LogP contribution in [0.25, 0.3) is 10.6 Å². The van der Waals surface area contributed by atoms with E-state index >= 15 is 0 Å². The van der Waals surface area contributed by atoms with E-state index in [1.165, 1.54) is 17.8 Å². The lowest BCUT2D eigenvalue weighted by atomic mass is 10.2. The largest absolute Gasteiger partial charge is 0.323 e. The molecule has 1 aromatic heterocycles. The summed E-state index contributed by atoms with van der Waals surface area (Å²) in [6.45, 7) is 1.74. The average Bonchev–Trinajstić information content (AvgIpc) is 3.11. The monoisotopic (exact) mass is 390 g/mol. The number of amides is 1. The van der Waals surface area contributed by atoms with Crippen LogP contribution in [-0.4, -0.2) is 16.1 Å². The van der Waals surface area contributed by atoms with Crippen LogP contribution in [0.5, 0.6) is 0 Å². The van der Waals surface area contributed by atoms with Gasteiger partial charge in [-0.3, -0.25) is 4.79 Å². The third-order valence-corrected chi connectivity index (χ3v) is 5.73. The normalized spacial score (nSPS) is 12.0. The molecule has 1 atom stereocenters. The highest BCUT2D eigenvalue weighted by Crippen LogP contribution is 2.26. The van der Waals surface area contributed by atoms with Crippen LogP contribution in [0.4, 0.5) is 14.5 Å².